The summed E-state index contributed by atoms with van der Waals surface area (Å²) in [6, 6.07) is -0.768. The Labute approximate surface area is 114 Å². The summed E-state index contributed by atoms with van der Waals surface area (Å²) in [4.78, 5) is 26.0. The molecule has 1 fully saturated rings. The number of aromatic amines is 2. The van der Waals surface area contributed by atoms with Crippen LogP contribution < -0.4 is 16.0 Å². The van der Waals surface area contributed by atoms with Crippen molar-refractivity contribution in [2.75, 3.05) is 11.5 Å². The Morgan fingerprint density at radius 1 is 1.25 bits per heavy atom. The van der Waals surface area contributed by atoms with E-state index in [4.69, 9.17) is 0 Å². The van der Waals surface area contributed by atoms with E-state index in [9.17, 15) is 26.4 Å². The van der Waals surface area contributed by atoms with E-state index >= 15 is 0 Å². The summed E-state index contributed by atoms with van der Waals surface area (Å²) in [6.45, 7) is 1.27. The Kier molecular flexibility index (Phi) is 3.60. The van der Waals surface area contributed by atoms with Gasteiger partial charge in [0, 0.05) is 11.7 Å². The van der Waals surface area contributed by atoms with Crippen LogP contribution >= 0.6 is 0 Å². The van der Waals surface area contributed by atoms with Crippen LogP contribution in [0.5, 0.6) is 0 Å². The molecular weight excluding hydrogens is 310 g/mol. The summed E-state index contributed by atoms with van der Waals surface area (Å²) in [6.07, 6.45) is 0.155. The molecule has 1 atom stereocenters. The van der Waals surface area contributed by atoms with Gasteiger partial charge in [0.1, 0.15) is 0 Å². The van der Waals surface area contributed by atoms with E-state index in [1.165, 1.54) is 6.92 Å². The fourth-order valence-corrected chi connectivity index (χ4v) is 5.36. The first-order valence-corrected chi connectivity index (χ1v) is 8.97. The number of rotatable bonds is 3. The minimum Gasteiger partial charge on any atom is -0.310 e. The summed E-state index contributed by atoms with van der Waals surface area (Å²) in [5.41, 5.74) is -1.96. The maximum absolute atomic E-state index is 12.1. The van der Waals surface area contributed by atoms with Crippen molar-refractivity contribution in [1.82, 2.24) is 14.7 Å². The zero-order valence-corrected chi connectivity index (χ0v) is 12.1. The Bertz CT molecular complexity index is 848. The number of aryl methyl sites for hydroxylation is 1. The SMILES string of the molecule is Cc1[nH]c(=O)[nH]c(=O)c1S(=O)(=O)N[C@H]1CCS(=O)(=O)C1. The van der Waals surface area contributed by atoms with Crippen molar-refractivity contribution in [2.24, 2.45) is 0 Å². The Hall–Kier alpha value is -1.46. The topological polar surface area (TPSA) is 146 Å². The van der Waals surface area contributed by atoms with Gasteiger partial charge in [0.15, 0.2) is 14.7 Å². The van der Waals surface area contributed by atoms with Gasteiger partial charge in [0.05, 0.1) is 11.5 Å². The molecule has 1 aromatic heterocycles. The molecule has 3 N–H and O–H groups in total. The van der Waals surface area contributed by atoms with Crippen molar-refractivity contribution >= 4 is 19.9 Å². The van der Waals surface area contributed by atoms with Crippen LogP contribution in [0.3, 0.4) is 0 Å². The van der Waals surface area contributed by atoms with Crippen molar-refractivity contribution in [3.8, 4) is 0 Å². The lowest BCUT2D eigenvalue weighted by Crippen LogP contribution is -2.40. The standard InChI is InChI=1S/C9H13N3O6S2/c1-5-7(8(13)11-9(14)10-5)20(17,18)12-6-2-3-19(15,16)4-6/h6,12H,2-4H2,1H3,(H2,10,11,13,14)/t6-/m0/s1. The smallest absolute Gasteiger partial charge is 0.310 e. The average Bonchev–Trinajstić information content (AvgIpc) is 2.54. The molecule has 0 saturated carbocycles. The lowest BCUT2D eigenvalue weighted by Gasteiger charge is -2.12. The van der Waals surface area contributed by atoms with Gasteiger partial charge in [-0.3, -0.25) is 9.78 Å². The van der Waals surface area contributed by atoms with Crippen LogP contribution in [0.25, 0.3) is 0 Å². The maximum atomic E-state index is 12.1. The van der Waals surface area contributed by atoms with Crippen LogP contribution in [0, 0.1) is 6.92 Å². The third-order valence-corrected chi connectivity index (χ3v) is 6.34. The van der Waals surface area contributed by atoms with E-state index in [1.807, 2.05) is 4.98 Å². The van der Waals surface area contributed by atoms with Gasteiger partial charge in [-0.05, 0) is 13.3 Å². The van der Waals surface area contributed by atoms with E-state index in [2.05, 4.69) is 9.71 Å². The van der Waals surface area contributed by atoms with Crippen molar-refractivity contribution < 1.29 is 16.8 Å². The molecular formula is C9H13N3O6S2. The van der Waals surface area contributed by atoms with Crippen LogP contribution in [0.4, 0.5) is 0 Å². The Morgan fingerprint density at radius 3 is 2.40 bits per heavy atom. The predicted octanol–water partition coefficient (Wildman–Crippen LogP) is -2.16. The first-order valence-electron chi connectivity index (χ1n) is 5.67. The van der Waals surface area contributed by atoms with Gasteiger partial charge in [-0.2, -0.15) is 0 Å². The molecule has 1 aliphatic heterocycles. The third kappa shape index (κ3) is 2.99. The molecule has 2 heterocycles. The highest BCUT2D eigenvalue weighted by Gasteiger charge is 2.33. The fraction of sp³-hybridized carbons (Fsp3) is 0.556. The zero-order chi connectivity index (χ0) is 15.1. The minimum atomic E-state index is -4.20. The minimum absolute atomic E-state index is 0.0961. The molecule has 9 nitrogen and oxygen atoms in total. The summed E-state index contributed by atoms with van der Waals surface area (Å²) >= 11 is 0. The van der Waals surface area contributed by atoms with Gasteiger partial charge in [0.2, 0.25) is 10.0 Å². The molecule has 0 aliphatic carbocycles. The lowest BCUT2D eigenvalue weighted by atomic mass is 10.3. The second-order valence-electron chi connectivity index (χ2n) is 4.58. The molecule has 0 aromatic carbocycles. The molecule has 1 saturated heterocycles. The van der Waals surface area contributed by atoms with Crippen LogP contribution in [-0.4, -0.2) is 44.4 Å². The highest BCUT2D eigenvalue weighted by Crippen LogP contribution is 2.14. The van der Waals surface area contributed by atoms with E-state index in [1.54, 1.807) is 0 Å². The molecule has 0 unspecified atom stereocenters. The molecule has 20 heavy (non-hydrogen) atoms. The van der Waals surface area contributed by atoms with E-state index in [-0.39, 0.29) is 23.6 Å². The number of nitrogens with one attached hydrogen (secondary N) is 3. The van der Waals surface area contributed by atoms with Crippen LogP contribution in [-0.2, 0) is 19.9 Å². The second kappa shape index (κ2) is 4.82. The molecule has 0 amide bonds. The number of hydrogen-bond donors (Lipinski definition) is 3. The number of hydrogen-bond acceptors (Lipinski definition) is 6. The van der Waals surface area contributed by atoms with Crippen molar-refractivity contribution in [1.29, 1.82) is 0 Å². The fourth-order valence-electron chi connectivity index (χ4n) is 2.08. The van der Waals surface area contributed by atoms with Gasteiger partial charge >= 0.3 is 5.69 Å². The molecule has 11 heteroatoms. The third-order valence-electron chi connectivity index (χ3n) is 2.90. The number of sulfone groups is 1. The van der Waals surface area contributed by atoms with E-state index < -0.39 is 42.0 Å². The van der Waals surface area contributed by atoms with Crippen molar-refractivity contribution in [3.63, 3.8) is 0 Å². The monoisotopic (exact) mass is 323 g/mol. The molecule has 1 aliphatic rings. The van der Waals surface area contributed by atoms with Gasteiger partial charge in [-0.15, -0.1) is 0 Å². The predicted molar refractivity (Wildman–Crippen MR) is 69.8 cm³/mol. The van der Waals surface area contributed by atoms with Gasteiger partial charge in [0.25, 0.3) is 5.56 Å². The van der Waals surface area contributed by atoms with Gasteiger partial charge < -0.3 is 4.98 Å². The van der Waals surface area contributed by atoms with E-state index in [0.717, 1.165) is 0 Å². The molecule has 0 bridgehead atoms. The normalized spacial score (nSPS) is 21.9. The molecule has 0 radical (unpaired) electrons. The molecule has 112 valence electrons. The van der Waals surface area contributed by atoms with Crippen molar-refractivity contribution in [3.05, 3.63) is 26.5 Å². The highest BCUT2D eigenvalue weighted by molar-refractivity contribution is 7.92. The number of sulfonamides is 1. The molecule has 2 rings (SSSR count). The van der Waals surface area contributed by atoms with Gasteiger partial charge in [-0.1, -0.05) is 0 Å². The van der Waals surface area contributed by atoms with Crippen LogP contribution in [0.15, 0.2) is 14.5 Å². The average molecular weight is 323 g/mol. The largest absolute Gasteiger partial charge is 0.325 e. The molecule has 0 spiro atoms. The number of H-pyrrole nitrogens is 2. The van der Waals surface area contributed by atoms with Crippen LogP contribution in [0.1, 0.15) is 12.1 Å². The van der Waals surface area contributed by atoms with Crippen molar-refractivity contribution in [2.45, 2.75) is 24.3 Å². The Morgan fingerprint density at radius 2 is 1.90 bits per heavy atom. The quantitative estimate of drug-likeness (QED) is 0.577. The highest BCUT2D eigenvalue weighted by atomic mass is 32.2. The number of aromatic nitrogens is 2. The first kappa shape index (κ1) is 14.9. The summed E-state index contributed by atoms with van der Waals surface area (Å²) < 4.78 is 49.0. The lowest BCUT2D eigenvalue weighted by molar-refractivity contribution is 0.559. The second-order valence-corrected chi connectivity index (χ2v) is 8.46. The van der Waals surface area contributed by atoms with Crippen LogP contribution in [0.2, 0.25) is 0 Å². The zero-order valence-electron chi connectivity index (χ0n) is 10.5. The summed E-state index contributed by atoms with van der Waals surface area (Å²) in [7, 11) is -7.45. The maximum Gasteiger partial charge on any atom is 0.325 e. The summed E-state index contributed by atoms with van der Waals surface area (Å²) in [5.74, 6) is -0.395. The summed E-state index contributed by atoms with van der Waals surface area (Å²) in [5, 5.41) is 0. The van der Waals surface area contributed by atoms with Gasteiger partial charge in [-0.25, -0.2) is 26.4 Å². The Balaban J connectivity index is 2.38. The van der Waals surface area contributed by atoms with E-state index in [0.29, 0.717) is 0 Å². The first-order chi connectivity index (χ1) is 9.11. The molecule has 1 aromatic rings.